The number of benzene rings is 2. The molecule has 0 radical (unpaired) electrons. The van der Waals surface area contributed by atoms with Crippen molar-refractivity contribution >= 4 is 55.7 Å². The second-order valence-corrected chi connectivity index (χ2v) is 9.07. The number of nitrogens with zero attached hydrogens (tertiary/aromatic N) is 3. The highest BCUT2D eigenvalue weighted by Crippen LogP contribution is 2.38. The summed E-state index contributed by atoms with van der Waals surface area (Å²) in [5.74, 6) is -0.0854. The van der Waals surface area contributed by atoms with E-state index in [1.54, 1.807) is 36.4 Å². The molecule has 0 atom stereocenters. The Balaban J connectivity index is 1.61. The van der Waals surface area contributed by atoms with E-state index in [2.05, 4.69) is 26.0 Å². The quantitative estimate of drug-likeness (QED) is 0.471. The lowest BCUT2D eigenvalue weighted by Crippen LogP contribution is -2.35. The summed E-state index contributed by atoms with van der Waals surface area (Å²) in [6.45, 7) is 2.06. The van der Waals surface area contributed by atoms with E-state index in [1.165, 1.54) is 29.9 Å². The number of methoxy groups -OCH3 is 1. The Labute approximate surface area is 203 Å². The van der Waals surface area contributed by atoms with Gasteiger partial charge in [0.15, 0.2) is 17.3 Å². The summed E-state index contributed by atoms with van der Waals surface area (Å²) < 4.78 is 25.8. The summed E-state index contributed by atoms with van der Waals surface area (Å²) in [4.78, 5) is 16.7. The molecule has 0 unspecified atom stereocenters. The van der Waals surface area contributed by atoms with Crippen LogP contribution in [0, 0.1) is 11.2 Å². The SMILES string of the molecule is CCCC1=NN2C(=N)/C(=C\c3cc(Br)c(OCc4ccccc4F)c(OC)c3)C(=O)N=C2S1. The summed E-state index contributed by atoms with van der Waals surface area (Å²) >= 11 is 4.78. The zero-order valence-electron chi connectivity index (χ0n) is 17.9. The molecule has 10 heteroatoms. The second-order valence-electron chi connectivity index (χ2n) is 7.18. The molecule has 0 aliphatic carbocycles. The van der Waals surface area contributed by atoms with Crippen LogP contribution in [0.1, 0.15) is 30.9 Å². The van der Waals surface area contributed by atoms with Crippen LogP contribution in [0.4, 0.5) is 4.39 Å². The van der Waals surface area contributed by atoms with Gasteiger partial charge in [-0.25, -0.2) is 4.39 Å². The molecule has 2 heterocycles. The molecule has 0 spiro atoms. The molecule has 2 aliphatic heterocycles. The van der Waals surface area contributed by atoms with Crippen molar-refractivity contribution in [3.05, 3.63) is 63.4 Å². The largest absolute Gasteiger partial charge is 0.493 e. The third-order valence-electron chi connectivity index (χ3n) is 4.85. The van der Waals surface area contributed by atoms with Gasteiger partial charge in [-0.15, -0.1) is 0 Å². The fourth-order valence-electron chi connectivity index (χ4n) is 3.24. The Hall–Kier alpha value is -2.98. The molecule has 1 N–H and O–H groups in total. The molecule has 0 saturated carbocycles. The highest BCUT2D eigenvalue weighted by molar-refractivity contribution is 9.10. The summed E-state index contributed by atoms with van der Waals surface area (Å²) in [6.07, 6.45) is 3.24. The average molecular weight is 531 g/mol. The Morgan fingerprint density at radius 3 is 2.82 bits per heavy atom. The van der Waals surface area contributed by atoms with Crippen molar-refractivity contribution in [1.29, 1.82) is 5.41 Å². The van der Waals surface area contributed by atoms with Crippen molar-refractivity contribution in [3.8, 4) is 11.5 Å². The molecule has 170 valence electrons. The van der Waals surface area contributed by atoms with Gasteiger partial charge in [0.2, 0.25) is 5.17 Å². The molecule has 4 rings (SSSR count). The molecule has 2 aliphatic rings. The van der Waals surface area contributed by atoms with E-state index in [1.807, 2.05) is 6.92 Å². The van der Waals surface area contributed by atoms with Gasteiger partial charge >= 0.3 is 0 Å². The highest BCUT2D eigenvalue weighted by atomic mass is 79.9. The van der Waals surface area contributed by atoms with Gasteiger partial charge < -0.3 is 9.47 Å². The number of carbonyl (C=O) groups is 1. The van der Waals surface area contributed by atoms with Gasteiger partial charge in [-0.1, -0.05) is 25.1 Å². The molecular weight excluding hydrogens is 511 g/mol. The van der Waals surface area contributed by atoms with E-state index in [9.17, 15) is 9.18 Å². The van der Waals surface area contributed by atoms with E-state index in [-0.39, 0.29) is 23.8 Å². The van der Waals surface area contributed by atoms with Crippen LogP contribution >= 0.6 is 27.7 Å². The van der Waals surface area contributed by atoms with Crippen molar-refractivity contribution in [3.63, 3.8) is 0 Å². The van der Waals surface area contributed by atoms with Crippen LogP contribution in [0.5, 0.6) is 11.5 Å². The van der Waals surface area contributed by atoms with Crippen LogP contribution in [0.2, 0.25) is 0 Å². The van der Waals surface area contributed by atoms with Gasteiger partial charge in [0.05, 0.1) is 17.2 Å². The first kappa shape index (κ1) is 23.2. The zero-order chi connectivity index (χ0) is 23.5. The lowest BCUT2D eigenvalue weighted by molar-refractivity contribution is -0.114. The van der Waals surface area contributed by atoms with E-state index in [4.69, 9.17) is 14.9 Å². The molecule has 0 bridgehead atoms. The standard InChI is InChI=1S/C23H20BrFN4O3S/c1-3-6-19-28-29-21(26)15(22(30)27-23(29)33-19)9-13-10-16(24)20(18(11-13)31-2)32-12-14-7-4-5-8-17(14)25/h4-5,7-11,26H,3,6,12H2,1-2H3/b15-9+,26-21?. The van der Waals surface area contributed by atoms with Crippen LogP contribution in [0.15, 0.2) is 56.5 Å². The van der Waals surface area contributed by atoms with Gasteiger partial charge in [0, 0.05) is 5.56 Å². The number of rotatable bonds is 7. The summed E-state index contributed by atoms with van der Waals surface area (Å²) in [7, 11) is 1.49. The monoisotopic (exact) mass is 530 g/mol. The average Bonchev–Trinajstić information content (AvgIpc) is 3.19. The summed E-state index contributed by atoms with van der Waals surface area (Å²) in [5.41, 5.74) is 1.14. The minimum atomic E-state index is -0.498. The van der Waals surface area contributed by atoms with Crippen LogP contribution in [-0.2, 0) is 11.4 Å². The Morgan fingerprint density at radius 2 is 2.09 bits per heavy atom. The fourth-order valence-corrected chi connectivity index (χ4v) is 4.80. The third kappa shape index (κ3) is 4.86. The van der Waals surface area contributed by atoms with Gasteiger partial charge in [0.25, 0.3) is 5.91 Å². The van der Waals surface area contributed by atoms with Crippen molar-refractivity contribution < 1.29 is 18.7 Å². The number of hydrazone groups is 1. The lowest BCUT2D eigenvalue weighted by atomic mass is 10.1. The first-order chi connectivity index (χ1) is 15.9. The molecule has 2 aromatic rings. The van der Waals surface area contributed by atoms with Gasteiger partial charge in [-0.2, -0.15) is 15.1 Å². The number of fused-ring (bicyclic) bond motifs is 1. The van der Waals surface area contributed by atoms with Crippen molar-refractivity contribution in [2.45, 2.75) is 26.4 Å². The Kier molecular flexibility index (Phi) is 6.94. The summed E-state index contributed by atoms with van der Waals surface area (Å²) in [5, 5.41) is 15.5. The minimum Gasteiger partial charge on any atom is -0.493 e. The van der Waals surface area contributed by atoms with Crippen LogP contribution < -0.4 is 9.47 Å². The highest BCUT2D eigenvalue weighted by Gasteiger charge is 2.35. The molecule has 0 fully saturated rings. The molecular formula is C23H20BrFN4O3S. The van der Waals surface area contributed by atoms with Crippen molar-refractivity contribution in [2.24, 2.45) is 10.1 Å². The predicted octanol–water partition coefficient (Wildman–Crippen LogP) is 5.60. The minimum absolute atomic E-state index is 0.0212. The molecule has 0 saturated heterocycles. The molecule has 2 aromatic carbocycles. The maximum absolute atomic E-state index is 13.9. The van der Waals surface area contributed by atoms with Crippen molar-refractivity contribution in [2.75, 3.05) is 7.11 Å². The van der Waals surface area contributed by atoms with Crippen molar-refractivity contribution in [1.82, 2.24) is 5.01 Å². The number of ether oxygens (including phenoxy) is 2. The number of hydrogen-bond acceptors (Lipinski definition) is 6. The maximum Gasteiger partial charge on any atom is 0.283 e. The molecule has 1 amide bonds. The van der Waals surface area contributed by atoms with Gasteiger partial charge in [0.1, 0.15) is 17.5 Å². The van der Waals surface area contributed by atoms with Crippen LogP contribution in [-0.4, -0.2) is 34.1 Å². The normalized spacial score (nSPS) is 16.6. The second kappa shape index (κ2) is 9.88. The first-order valence-electron chi connectivity index (χ1n) is 10.1. The lowest BCUT2D eigenvalue weighted by Gasteiger charge is -2.20. The first-order valence-corrected chi connectivity index (χ1v) is 11.7. The molecule has 7 nitrogen and oxygen atoms in total. The number of amides is 1. The Morgan fingerprint density at radius 1 is 1.30 bits per heavy atom. The maximum atomic E-state index is 13.9. The zero-order valence-corrected chi connectivity index (χ0v) is 20.3. The fraction of sp³-hybridized carbons (Fsp3) is 0.217. The summed E-state index contributed by atoms with van der Waals surface area (Å²) in [6, 6.07) is 9.79. The Bertz CT molecular complexity index is 1230. The number of nitrogens with one attached hydrogen (secondary N) is 1. The molecule has 33 heavy (non-hydrogen) atoms. The van der Waals surface area contributed by atoms with E-state index >= 15 is 0 Å². The predicted molar refractivity (Wildman–Crippen MR) is 131 cm³/mol. The van der Waals surface area contributed by atoms with Gasteiger partial charge in [-0.05, 0) is 70.4 Å². The number of thioether (sulfide) groups is 1. The van der Waals surface area contributed by atoms with E-state index in [0.717, 1.165) is 17.9 Å². The number of amidine groups is 2. The number of halogens is 2. The number of hydrogen-bond donors (Lipinski definition) is 1. The van der Waals surface area contributed by atoms with Gasteiger partial charge in [-0.3, -0.25) is 10.2 Å². The topological polar surface area (TPSA) is 87.3 Å². The smallest absolute Gasteiger partial charge is 0.283 e. The van der Waals surface area contributed by atoms with E-state index < -0.39 is 5.91 Å². The van der Waals surface area contributed by atoms with E-state index in [0.29, 0.717) is 32.3 Å². The number of carbonyl (C=O) groups excluding carboxylic acids is 1. The third-order valence-corrected chi connectivity index (χ3v) is 6.41. The van der Waals surface area contributed by atoms with Crippen LogP contribution in [0.25, 0.3) is 6.08 Å². The number of aliphatic imine (C=N–C) groups is 1. The van der Waals surface area contributed by atoms with Crippen LogP contribution in [0.3, 0.4) is 0 Å². The molecule has 0 aromatic heterocycles.